The first-order valence-corrected chi connectivity index (χ1v) is 7.13. The summed E-state index contributed by atoms with van der Waals surface area (Å²) in [5, 5.41) is 20.7. The third-order valence-corrected chi connectivity index (χ3v) is 3.06. The molecule has 0 fully saturated rings. The molecule has 0 bridgehead atoms. The normalized spacial score (nSPS) is 9.20. The van der Waals surface area contributed by atoms with E-state index in [1.807, 2.05) is 0 Å². The Labute approximate surface area is 143 Å². The number of ketones is 1. The first kappa shape index (κ1) is 17.4. The summed E-state index contributed by atoms with van der Waals surface area (Å²) in [6, 6.07) is 17.8. The number of nitrogens with zero attached hydrogens (tertiary/aromatic N) is 3. The summed E-state index contributed by atoms with van der Waals surface area (Å²) in [4.78, 5) is 23.8. The number of nitrogens with one attached hydrogen (secondary N) is 1. The third kappa shape index (κ3) is 5.02. The number of nitriles is 2. The lowest BCUT2D eigenvalue weighted by molar-refractivity contribution is 0.0475. The molecule has 2 aromatic rings. The fraction of sp³-hybridized carbons (Fsp3) is 0.0556. The van der Waals surface area contributed by atoms with E-state index in [0.29, 0.717) is 11.3 Å². The fourth-order valence-corrected chi connectivity index (χ4v) is 1.80. The van der Waals surface area contributed by atoms with Gasteiger partial charge in [-0.2, -0.15) is 15.6 Å². The molecule has 2 aromatic carbocycles. The van der Waals surface area contributed by atoms with Crippen molar-refractivity contribution in [3.8, 4) is 12.1 Å². The Bertz CT molecular complexity index is 859. The molecular formula is C18H12N4O3. The smallest absolute Gasteiger partial charge is 0.338 e. The lowest BCUT2D eigenvalue weighted by Crippen LogP contribution is -2.14. The molecule has 0 spiro atoms. The number of anilines is 1. The molecule has 0 heterocycles. The first-order chi connectivity index (χ1) is 12.1. The van der Waals surface area contributed by atoms with Crippen LogP contribution in [0.2, 0.25) is 0 Å². The van der Waals surface area contributed by atoms with Crippen LogP contribution in [0.25, 0.3) is 0 Å². The van der Waals surface area contributed by atoms with Crippen LogP contribution >= 0.6 is 0 Å². The van der Waals surface area contributed by atoms with Crippen LogP contribution in [0.3, 0.4) is 0 Å². The first-order valence-electron chi connectivity index (χ1n) is 7.13. The van der Waals surface area contributed by atoms with Crippen molar-refractivity contribution in [2.45, 2.75) is 0 Å². The standard InChI is InChI=1S/C18H12N4O3/c19-10-16(11-20)22-21-15-8-6-14(7-9-15)18(24)25-12-17(23)13-4-2-1-3-5-13/h1-9,21H,12H2. The van der Waals surface area contributed by atoms with Crippen LogP contribution in [-0.4, -0.2) is 24.1 Å². The maximum absolute atomic E-state index is 11.9. The molecule has 0 saturated carbocycles. The van der Waals surface area contributed by atoms with E-state index in [1.54, 1.807) is 42.5 Å². The van der Waals surface area contributed by atoms with E-state index < -0.39 is 5.97 Å². The summed E-state index contributed by atoms with van der Waals surface area (Å²) in [5.41, 5.74) is 3.42. The van der Waals surface area contributed by atoms with Gasteiger partial charge in [-0.25, -0.2) is 4.79 Å². The SMILES string of the molecule is N#CC(C#N)=NNc1ccc(C(=O)OCC(=O)c2ccccc2)cc1. The highest BCUT2D eigenvalue weighted by molar-refractivity contribution is 6.10. The van der Waals surface area contributed by atoms with E-state index in [2.05, 4.69) is 10.5 Å². The van der Waals surface area contributed by atoms with E-state index in [4.69, 9.17) is 15.3 Å². The maximum atomic E-state index is 11.9. The minimum absolute atomic E-state index is 0.260. The van der Waals surface area contributed by atoms with Gasteiger partial charge in [-0.15, -0.1) is 0 Å². The van der Waals surface area contributed by atoms with Crippen LogP contribution in [0.4, 0.5) is 5.69 Å². The Kier molecular flexibility index (Phi) is 5.99. The number of hydrazone groups is 1. The van der Waals surface area contributed by atoms with Crippen molar-refractivity contribution in [3.63, 3.8) is 0 Å². The molecule has 0 aliphatic rings. The number of esters is 1. The Morgan fingerprint density at radius 3 is 2.20 bits per heavy atom. The summed E-state index contributed by atoms with van der Waals surface area (Å²) in [6.07, 6.45) is 0. The highest BCUT2D eigenvalue weighted by Gasteiger charge is 2.11. The van der Waals surface area contributed by atoms with Crippen molar-refractivity contribution in [3.05, 3.63) is 65.7 Å². The molecule has 0 unspecified atom stereocenters. The quantitative estimate of drug-likeness (QED) is 0.376. The molecule has 122 valence electrons. The van der Waals surface area contributed by atoms with Crippen LogP contribution in [0.1, 0.15) is 20.7 Å². The number of carbonyl (C=O) groups is 2. The highest BCUT2D eigenvalue weighted by Crippen LogP contribution is 2.11. The van der Waals surface area contributed by atoms with E-state index in [0.717, 1.165) is 0 Å². The van der Waals surface area contributed by atoms with Crippen LogP contribution in [0.5, 0.6) is 0 Å². The molecule has 0 amide bonds. The van der Waals surface area contributed by atoms with E-state index >= 15 is 0 Å². The lowest BCUT2D eigenvalue weighted by atomic mass is 10.1. The number of hydrogen-bond donors (Lipinski definition) is 1. The van der Waals surface area contributed by atoms with Crippen LogP contribution in [-0.2, 0) is 4.74 Å². The summed E-state index contributed by atoms with van der Waals surface area (Å²) in [5.74, 6) is -0.920. The van der Waals surface area contributed by atoms with Crippen molar-refractivity contribution in [1.29, 1.82) is 10.5 Å². The second-order valence-corrected chi connectivity index (χ2v) is 4.74. The summed E-state index contributed by atoms with van der Waals surface area (Å²) in [6.45, 7) is -0.346. The van der Waals surface area contributed by atoms with Gasteiger partial charge in [0.2, 0.25) is 5.71 Å². The number of benzene rings is 2. The monoisotopic (exact) mass is 332 g/mol. The van der Waals surface area contributed by atoms with Crippen LogP contribution in [0.15, 0.2) is 59.7 Å². The average molecular weight is 332 g/mol. The van der Waals surface area contributed by atoms with Gasteiger partial charge in [-0.3, -0.25) is 10.2 Å². The molecule has 7 heteroatoms. The van der Waals surface area contributed by atoms with Gasteiger partial charge in [-0.1, -0.05) is 30.3 Å². The lowest BCUT2D eigenvalue weighted by Gasteiger charge is -2.05. The van der Waals surface area contributed by atoms with Gasteiger partial charge in [0.1, 0.15) is 12.1 Å². The minimum Gasteiger partial charge on any atom is -0.454 e. The second kappa shape index (κ2) is 8.61. The molecule has 2 rings (SSSR count). The molecular weight excluding hydrogens is 320 g/mol. The van der Waals surface area contributed by atoms with Crippen LogP contribution in [0, 0.1) is 22.7 Å². The van der Waals surface area contributed by atoms with Gasteiger partial charge in [0.05, 0.1) is 11.3 Å². The zero-order chi connectivity index (χ0) is 18.1. The van der Waals surface area contributed by atoms with Gasteiger partial charge >= 0.3 is 5.97 Å². The van der Waals surface area contributed by atoms with Gasteiger partial charge in [0.15, 0.2) is 12.4 Å². The van der Waals surface area contributed by atoms with Gasteiger partial charge < -0.3 is 4.74 Å². The molecule has 0 aliphatic heterocycles. The molecule has 0 saturated heterocycles. The predicted octanol–water partition coefficient (Wildman–Crippen LogP) is 2.54. The Hall–Kier alpha value is -3.97. The topological polar surface area (TPSA) is 115 Å². The van der Waals surface area contributed by atoms with Gasteiger partial charge in [0, 0.05) is 5.56 Å². The summed E-state index contributed by atoms with van der Waals surface area (Å²) in [7, 11) is 0. The average Bonchev–Trinajstić information content (AvgIpc) is 2.67. The summed E-state index contributed by atoms with van der Waals surface area (Å²) >= 11 is 0. The number of rotatable bonds is 6. The molecule has 7 nitrogen and oxygen atoms in total. The van der Waals surface area contributed by atoms with Crippen molar-refractivity contribution in [1.82, 2.24) is 0 Å². The second-order valence-electron chi connectivity index (χ2n) is 4.74. The number of carbonyl (C=O) groups excluding carboxylic acids is 2. The molecule has 0 aromatic heterocycles. The third-order valence-electron chi connectivity index (χ3n) is 3.06. The molecule has 25 heavy (non-hydrogen) atoms. The Morgan fingerprint density at radius 1 is 0.960 bits per heavy atom. The van der Waals surface area contributed by atoms with E-state index in [1.165, 1.54) is 24.3 Å². The summed E-state index contributed by atoms with van der Waals surface area (Å²) < 4.78 is 4.99. The molecule has 0 atom stereocenters. The predicted molar refractivity (Wildman–Crippen MR) is 89.8 cm³/mol. The number of ether oxygens (including phenoxy) is 1. The molecule has 1 N–H and O–H groups in total. The minimum atomic E-state index is -0.630. The molecule has 0 radical (unpaired) electrons. The fourth-order valence-electron chi connectivity index (χ4n) is 1.80. The van der Waals surface area contributed by atoms with Crippen molar-refractivity contribution in [2.75, 3.05) is 12.0 Å². The van der Waals surface area contributed by atoms with Crippen molar-refractivity contribution in [2.24, 2.45) is 5.10 Å². The largest absolute Gasteiger partial charge is 0.454 e. The Balaban J connectivity index is 1.92. The Morgan fingerprint density at radius 2 is 1.60 bits per heavy atom. The number of Topliss-reactive ketones (excluding diaryl/α,β-unsaturated/α-hetero) is 1. The zero-order valence-electron chi connectivity index (χ0n) is 13.0. The molecule has 0 aliphatic carbocycles. The van der Waals surface area contributed by atoms with Gasteiger partial charge in [0.25, 0.3) is 0 Å². The highest BCUT2D eigenvalue weighted by atomic mass is 16.5. The maximum Gasteiger partial charge on any atom is 0.338 e. The van der Waals surface area contributed by atoms with E-state index in [-0.39, 0.29) is 23.7 Å². The van der Waals surface area contributed by atoms with Crippen molar-refractivity contribution >= 4 is 23.2 Å². The zero-order valence-corrected chi connectivity index (χ0v) is 13.0. The van der Waals surface area contributed by atoms with Crippen LogP contribution < -0.4 is 5.43 Å². The van der Waals surface area contributed by atoms with E-state index in [9.17, 15) is 9.59 Å². The number of hydrogen-bond acceptors (Lipinski definition) is 7. The van der Waals surface area contributed by atoms with Gasteiger partial charge in [-0.05, 0) is 24.3 Å². The van der Waals surface area contributed by atoms with Crippen molar-refractivity contribution < 1.29 is 14.3 Å².